The van der Waals surface area contributed by atoms with Crippen LogP contribution >= 0.6 is 0 Å². The number of nitrogens with zero attached hydrogens (tertiary/aromatic N) is 4. The first-order chi connectivity index (χ1) is 13.2. The molecule has 3 rings (SSSR count). The predicted molar refractivity (Wildman–Crippen MR) is 105 cm³/mol. The van der Waals surface area contributed by atoms with Crippen LogP contribution in [0.3, 0.4) is 0 Å². The molecule has 1 amide bonds. The number of carbonyl (C=O) groups excluding carboxylic acids is 1. The zero-order valence-corrected chi connectivity index (χ0v) is 15.1. The molecule has 0 saturated carbocycles. The first-order valence-electron chi connectivity index (χ1n) is 8.92. The number of aromatic nitrogens is 3. The third-order valence-electron chi connectivity index (χ3n) is 4.30. The molecule has 6 nitrogen and oxygen atoms in total. The Kier molecular flexibility index (Phi) is 6.10. The number of benzene rings is 1. The Morgan fingerprint density at radius 3 is 2.74 bits per heavy atom. The molecule has 0 saturated heterocycles. The molecule has 0 atom stereocenters. The summed E-state index contributed by atoms with van der Waals surface area (Å²) in [5, 5.41) is 0.592. The van der Waals surface area contributed by atoms with Gasteiger partial charge in [-0.15, -0.1) is 6.58 Å². The summed E-state index contributed by atoms with van der Waals surface area (Å²) in [4.78, 5) is 35.4. The second-order valence-electron chi connectivity index (χ2n) is 6.25. The Morgan fingerprint density at radius 1 is 1.15 bits per heavy atom. The predicted octanol–water partition coefficient (Wildman–Crippen LogP) is 2.79. The van der Waals surface area contributed by atoms with Gasteiger partial charge in [0.25, 0.3) is 5.56 Å². The second-order valence-corrected chi connectivity index (χ2v) is 6.25. The Hall–Kier alpha value is -3.28. The van der Waals surface area contributed by atoms with E-state index >= 15 is 0 Å². The van der Waals surface area contributed by atoms with Crippen LogP contribution in [0.1, 0.15) is 18.5 Å². The van der Waals surface area contributed by atoms with E-state index in [0.29, 0.717) is 43.4 Å². The number of para-hydroxylation sites is 1. The van der Waals surface area contributed by atoms with Gasteiger partial charge < -0.3 is 4.90 Å². The van der Waals surface area contributed by atoms with Gasteiger partial charge in [-0.1, -0.05) is 24.3 Å². The molecule has 0 N–H and O–H groups in total. The van der Waals surface area contributed by atoms with Crippen LogP contribution in [0.4, 0.5) is 0 Å². The molecule has 0 unspecified atom stereocenters. The minimum Gasteiger partial charge on any atom is -0.333 e. The van der Waals surface area contributed by atoms with Crippen molar-refractivity contribution >= 4 is 16.8 Å². The van der Waals surface area contributed by atoms with Gasteiger partial charge in [0.1, 0.15) is 0 Å². The third kappa shape index (κ3) is 4.67. The lowest BCUT2D eigenvalue weighted by Crippen LogP contribution is -2.31. The lowest BCUT2D eigenvalue weighted by atomic mass is 10.2. The van der Waals surface area contributed by atoms with E-state index in [0.717, 1.165) is 5.69 Å². The van der Waals surface area contributed by atoms with Crippen LogP contribution in [0, 0.1) is 0 Å². The molecule has 0 spiro atoms. The molecule has 0 fully saturated rings. The summed E-state index contributed by atoms with van der Waals surface area (Å²) in [6, 6.07) is 12.9. The number of carbonyl (C=O) groups is 1. The van der Waals surface area contributed by atoms with E-state index in [2.05, 4.69) is 16.5 Å². The number of rotatable bonds is 8. The highest BCUT2D eigenvalue weighted by molar-refractivity contribution is 5.77. The summed E-state index contributed by atoms with van der Waals surface area (Å²) in [5.41, 5.74) is 1.44. The highest BCUT2D eigenvalue weighted by Gasteiger charge is 2.13. The van der Waals surface area contributed by atoms with E-state index in [9.17, 15) is 9.59 Å². The molecule has 27 heavy (non-hydrogen) atoms. The van der Waals surface area contributed by atoms with Gasteiger partial charge in [-0.25, -0.2) is 4.98 Å². The molecular formula is C21H22N4O2. The van der Waals surface area contributed by atoms with Gasteiger partial charge in [0.15, 0.2) is 0 Å². The van der Waals surface area contributed by atoms with Crippen molar-refractivity contribution < 1.29 is 4.79 Å². The van der Waals surface area contributed by atoms with Gasteiger partial charge in [-0.05, 0) is 30.7 Å². The molecular weight excluding hydrogens is 340 g/mol. The number of amides is 1. The van der Waals surface area contributed by atoms with Gasteiger partial charge in [0.05, 0.1) is 29.5 Å². The number of hydrogen-bond acceptors (Lipinski definition) is 4. The first-order valence-corrected chi connectivity index (χ1v) is 8.92. The van der Waals surface area contributed by atoms with Crippen molar-refractivity contribution in [1.82, 2.24) is 19.4 Å². The molecule has 3 aromatic rings. The molecule has 0 aliphatic heterocycles. The molecule has 6 heteroatoms. The molecule has 0 aliphatic carbocycles. The molecule has 0 radical (unpaired) electrons. The SMILES string of the molecule is C=CCN(Cc1ccccn1)C(=O)CCCn1cnc2ccccc2c1=O. The number of aryl methyl sites for hydroxylation is 1. The van der Waals surface area contributed by atoms with E-state index in [1.165, 1.54) is 0 Å². The van der Waals surface area contributed by atoms with E-state index in [1.54, 1.807) is 34.1 Å². The van der Waals surface area contributed by atoms with E-state index in [-0.39, 0.29) is 11.5 Å². The Labute approximate surface area is 157 Å². The van der Waals surface area contributed by atoms with Crippen LogP contribution in [0.15, 0.2) is 72.4 Å². The zero-order chi connectivity index (χ0) is 19.1. The van der Waals surface area contributed by atoms with Crippen molar-refractivity contribution in [1.29, 1.82) is 0 Å². The van der Waals surface area contributed by atoms with Crippen molar-refractivity contribution in [3.8, 4) is 0 Å². The highest BCUT2D eigenvalue weighted by atomic mass is 16.2. The van der Waals surface area contributed by atoms with Gasteiger partial charge in [0, 0.05) is 25.7 Å². The highest BCUT2D eigenvalue weighted by Crippen LogP contribution is 2.08. The smallest absolute Gasteiger partial charge is 0.261 e. The molecule has 138 valence electrons. The van der Waals surface area contributed by atoms with Gasteiger partial charge in [-0.2, -0.15) is 0 Å². The largest absolute Gasteiger partial charge is 0.333 e. The normalized spacial score (nSPS) is 10.7. The van der Waals surface area contributed by atoms with Crippen molar-refractivity contribution in [2.75, 3.05) is 6.54 Å². The molecule has 1 aromatic carbocycles. The number of hydrogen-bond donors (Lipinski definition) is 0. The molecule has 2 aromatic heterocycles. The van der Waals surface area contributed by atoms with Crippen molar-refractivity contribution in [3.63, 3.8) is 0 Å². The van der Waals surface area contributed by atoms with Crippen LogP contribution < -0.4 is 5.56 Å². The minimum atomic E-state index is -0.0792. The topological polar surface area (TPSA) is 68.1 Å². The lowest BCUT2D eigenvalue weighted by Gasteiger charge is -2.21. The van der Waals surface area contributed by atoms with Gasteiger partial charge >= 0.3 is 0 Å². The number of fused-ring (bicyclic) bond motifs is 1. The average Bonchev–Trinajstić information content (AvgIpc) is 2.70. The fraction of sp³-hybridized carbons (Fsp3) is 0.238. The summed E-state index contributed by atoms with van der Waals surface area (Å²) in [6.45, 7) is 5.09. The van der Waals surface area contributed by atoms with Crippen LogP contribution in [0.2, 0.25) is 0 Å². The van der Waals surface area contributed by atoms with Crippen LogP contribution in [-0.4, -0.2) is 31.9 Å². The standard InChI is InChI=1S/C21H22N4O2/c1-2-13-24(15-17-8-5-6-12-22-17)20(26)11-7-14-25-16-23-19-10-4-3-9-18(19)21(25)27/h2-6,8-10,12,16H,1,7,11,13-15H2. The summed E-state index contributed by atoms with van der Waals surface area (Å²) in [7, 11) is 0. The monoisotopic (exact) mass is 362 g/mol. The minimum absolute atomic E-state index is 0.0161. The van der Waals surface area contributed by atoms with E-state index in [4.69, 9.17) is 0 Å². The molecule has 0 aliphatic rings. The van der Waals surface area contributed by atoms with Crippen molar-refractivity contribution in [2.24, 2.45) is 0 Å². The molecule has 0 bridgehead atoms. The Bertz CT molecular complexity index is 982. The fourth-order valence-corrected chi connectivity index (χ4v) is 2.92. The number of pyridine rings is 1. The summed E-state index contributed by atoms with van der Waals surface area (Å²) in [6.07, 6.45) is 5.88. The van der Waals surface area contributed by atoms with Crippen LogP contribution in [0.25, 0.3) is 10.9 Å². The van der Waals surface area contributed by atoms with E-state index < -0.39 is 0 Å². The zero-order valence-electron chi connectivity index (χ0n) is 15.1. The van der Waals surface area contributed by atoms with Crippen LogP contribution in [0.5, 0.6) is 0 Å². The summed E-state index contributed by atoms with van der Waals surface area (Å²) >= 11 is 0. The second kappa shape index (κ2) is 8.89. The third-order valence-corrected chi connectivity index (χ3v) is 4.30. The van der Waals surface area contributed by atoms with E-state index in [1.807, 2.05) is 36.4 Å². The maximum absolute atomic E-state index is 12.6. The Morgan fingerprint density at radius 2 is 1.96 bits per heavy atom. The van der Waals surface area contributed by atoms with Gasteiger partial charge in [0.2, 0.25) is 5.91 Å². The lowest BCUT2D eigenvalue weighted by molar-refractivity contribution is -0.131. The maximum atomic E-state index is 12.6. The fourth-order valence-electron chi connectivity index (χ4n) is 2.92. The Balaban J connectivity index is 1.61. The molecule has 2 heterocycles. The summed E-state index contributed by atoms with van der Waals surface area (Å²) < 4.78 is 1.56. The first kappa shape index (κ1) is 18.5. The maximum Gasteiger partial charge on any atom is 0.261 e. The van der Waals surface area contributed by atoms with Crippen molar-refractivity contribution in [2.45, 2.75) is 25.9 Å². The van der Waals surface area contributed by atoms with Gasteiger partial charge in [-0.3, -0.25) is 19.1 Å². The average molecular weight is 362 g/mol. The quantitative estimate of drug-likeness (QED) is 0.578. The summed E-state index contributed by atoms with van der Waals surface area (Å²) in [5.74, 6) is 0.0161. The van der Waals surface area contributed by atoms with Crippen molar-refractivity contribution in [3.05, 3.63) is 83.7 Å². The van der Waals surface area contributed by atoms with Crippen LogP contribution in [-0.2, 0) is 17.9 Å².